The maximum atomic E-state index is 11.6. The van der Waals surface area contributed by atoms with Crippen molar-refractivity contribution in [3.05, 3.63) is 32.6 Å². The summed E-state index contributed by atoms with van der Waals surface area (Å²) in [4.78, 5) is 36.5. The molecule has 0 aromatic carbocycles. The fourth-order valence-electron chi connectivity index (χ4n) is 1.73. The highest BCUT2D eigenvalue weighted by molar-refractivity contribution is 5.75. The van der Waals surface area contributed by atoms with Crippen LogP contribution in [-0.2, 0) is 11.3 Å². The molecule has 6 heteroatoms. The van der Waals surface area contributed by atoms with Gasteiger partial charge in [0.25, 0.3) is 5.56 Å². The minimum Gasteiger partial charge on any atom is -0.355 e. The molecule has 0 aliphatic heterocycles. The second-order valence-electron chi connectivity index (χ2n) is 4.61. The fraction of sp³-hybridized carbons (Fsp3) is 0.615. The summed E-state index contributed by atoms with van der Waals surface area (Å²) in [5.41, 5.74) is -0.562. The lowest BCUT2D eigenvalue weighted by atomic mass is 10.2. The fourth-order valence-corrected chi connectivity index (χ4v) is 1.73. The van der Waals surface area contributed by atoms with Gasteiger partial charge in [-0.15, -0.1) is 0 Å². The molecule has 6 nitrogen and oxygen atoms in total. The van der Waals surface area contributed by atoms with Crippen LogP contribution in [0.5, 0.6) is 0 Å². The van der Waals surface area contributed by atoms with Crippen LogP contribution >= 0.6 is 0 Å². The minimum absolute atomic E-state index is 0.0652. The van der Waals surface area contributed by atoms with Gasteiger partial charge in [-0.3, -0.25) is 19.1 Å². The smallest absolute Gasteiger partial charge is 0.328 e. The Kier molecular flexibility index (Phi) is 6.05. The molecule has 0 aliphatic carbocycles. The van der Waals surface area contributed by atoms with Gasteiger partial charge in [-0.05, 0) is 13.3 Å². The van der Waals surface area contributed by atoms with E-state index >= 15 is 0 Å². The van der Waals surface area contributed by atoms with Gasteiger partial charge in [-0.2, -0.15) is 0 Å². The number of nitrogens with zero attached hydrogens (tertiary/aromatic N) is 1. The van der Waals surface area contributed by atoms with Gasteiger partial charge in [0.05, 0.1) is 0 Å². The van der Waals surface area contributed by atoms with E-state index in [0.717, 1.165) is 25.7 Å². The van der Waals surface area contributed by atoms with Gasteiger partial charge in [-0.1, -0.05) is 26.2 Å². The van der Waals surface area contributed by atoms with Crippen molar-refractivity contribution in [3.63, 3.8) is 0 Å². The average molecular weight is 267 g/mol. The lowest BCUT2D eigenvalue weighted by molar-refractivity contribution is -0.121. The molecule has 1 aromatic heterocycles. The van der Waals surface area contributed by atoms with Gasteiger partial charge < -0.3 is 5.32 Å². The molecule has 0 unspecified atom stereocenters. The zero-order valence-corrected chi connectivity index (χ0v) is 11.5. The summed E-state index contributed by atoms with van der Waals surface area (Å²) in [6.45, 7) is 4.28. The highest BCUT2D eigenvalue weighted by atomic mass is 16.2. The second-order valence-corrected chi connectivity index (χ2v) is 4.61. The average Bonchev–Trinajstić information content (AvgIpc) is 2.35. The van der Waals surface area contributed by atoms with E-state index in [2.05, 4.69) is 17.2 Å². The number of hydrogen-bond acceptors (Lipinski definition) is 3. The summed E-state index contributed by atoms with van der Waals surface area (Å²) in [7, 11) is 0. The van der Waals surface area contributed by atoms with Crippen LogP contribution in [0.15, 0.2) is 15.8 Å². The standard InChI is InChI=1S/C13H21N3O3/c1-3-4-5-6-7-14-11(17)9-16-8-10(2)12(18)15-13(16)19/h8H,3-7,9H2,1-2H3,(H,14,17)(H,15,18,19). The molecule has 0 saturated carbocycles. The van der Waals surface area contributed by atoms with Crippen molar-refractivity contribution in [1.82, 2.24) is 14.9 Å². The summed E-state index contributed by atoms with van der Waals surface area (Å²) in [5, 5.41) is 2.76. The number of carbonyl (C=O) groups excluding carboxylic acids is 1. The summed E-state index contributed by atoms with van der Waals surface area (Å²) in [5.74, 6) is -0.218. The summed E-state index contributed by atoms with van der Waals surface area (Å²) >= 11 is 0. The molecule has 1 amide bonds. The Hall–Kier alpha value is -1.85. The Morgan fingerprint density at radius 3 is 2.74 bits per heavy atom. The molecule has 0 saturated heterocycles. The largest absolute Gasteiger partial charge is 0.355 e. The van der Waals surface area contributed by atoms with E-state index in [1.165, 1.54) is 10.8 Å². The molecule has 0 spiro atoms. The molecule has 0 bridgehead atoms. The quantitative estimate of drug-likeness (QED) is 0.707. The van der Waals surface area contributed by atoms with Crippen LogP contribution in [0.3, 0.4) is 0 Å². The Labute approximate surface area is 111 Å². The molecule has 106 valence electrons. The van der Waals surface area contributed by atoms with Crippen molar-refractivity contribution in [1.29, 1.82) is 0 Å². The first-order valence-electron chi connectivity index (χ1n) is 6.61. The first-order valence-corrected chi connectivity index (χ1v) is 6.61. The number of rotatable bonds is 7. The molecule has 2 N–H and O–H groups in total. The molecule has 1 heterocycles. The molecule has 19 heavy (non-hydrogen) atoms. The van der Waals surface area contributed by atoms with Gasteiger partial charge in [0.2, 0.25) is 5.91 Å². The summed E-state index contributed by atoms with van der Waals surface area (Å²) in [6, 6.07) is 0. The molecular formula is C13H21N3O3. The van der Waals surface area contributed by atoms with Gasteiger partial charge in [0.1, 0.15) is 6.54 Å². The number of aromatic amines is 1. The van der Waals surface area contributed by atoms with E-state index in [-0.39, 0.29) is 12.5 Å². The van der Waals surface area contributed by atoms with Crippen LogP contribution in [-0.4, -0.2) is 22.0 Å². The van der Waals surface area contributed by atoms with Gasteiger partial charge in [0, 0.05) is 18.3 Å². The predicted molar refractivity (Wildman–Crippen MR) is 73.2 cm³/mol. The number of aryl methyl sites for hydroxylation is 1. The van der Waals surface area contributed by atoms with Crippen LogP contribution < -0.4 is 16.6 Å². The number of hydrogen-bond donors (Lipinski definition) is 2. The van der Waals surface area contributed by atoms with Crippen molar-refractivity contribution in [2.75, 3.05) is 6.54 Å². The number of aromatic nitrogens is 2. The minimum atomic E-state index is -0.559. The van der Waals surface area contributed by atoms with Crippen molar-refractivity contribution in [2.45, 2.75) is 46.1 Å². The number of unbranched alkanes of at least 4 members (excludes halogenated alkanes) is 3. The van der Waals surface area contributed by atoms with Gasteiger partial charge in [-0.25, -0.2) is 4.79 Å². The Balaban J connectivity index is 2.47. The van der Waals surface area contributed by atoms with E-state index in [1.807, 2.05) is 0 Å². The van der Waals surface area contributed by atoms with E-state index in [0.29, 0.717) is 12.1 Å². The lowest BCUT2D eigenvalue weighted by Crippen LogP contribution is -2.36. The normalized spacial score (nSPS) is 10.4. The Bertz CT molecular complexity index is 531. The van der Waals surface area contributed by atoms with Crippen LogP contribution in [0.1, 0.15) is 38.2 Å². The third-order valence-corrected chi connectivity index (χ3v) is 2.86. The molecule has 0 radical (unpaired) electrons. The molecule has 0 fully saturated rings. The number of carbonyl (C=O) groups is 1. The molecule has 0 aliphatic rings. The van der Waals surface area contributed by atoms with Crippen LogP contribution in [0.2, 0.25) is 0 Å². The molecular weight excluding hydrogens is 246 g/mol. The Morgan fingerprint density at radius 2 is 2.05 bits per heavy atom. The molecule has 1 aromatic rings. The zero-order chi connectivity index (χ0) is 14.3. The topological polar surface area (TPSA) is 84.0 Å². The van der Waals surface area contributed by atoms with Crippen molar-refractivity contribution >= 4 is 5.91 Å². The van der Waals surface area contributed by atoms with Crippen molar-refractivity contribution in [3.8, 4) is 0 Å². The van der Waals surface area contributed by atoms with Gasteiger partial charge in [0.15, 0.2) is 0 Å². The molecule has 0 atom stereocenters. The maximum Gasteiger partial charge on any atom is 0.328 e. The second kappa shape index (κ2) is 7.56. The highest BCUT2D eigenvalue weighted by Gasteiger charge is 2.05. The van der Waals surface area contributed by atoms with E-state index in [1.54, 1.807) is 6.92 Å². The SMILES string of the molecule is CCCCCCNC(=O)Cn1cc(C)c(=O)[nH]c1=O. The first-order chi connectivity index (χ1) is 9.04. The zero-order valence-electron chi connectivity index (χ0n) is 11.5. The van der Waals surface area contributed by atoms with Gasteiger partial charge >= 0.3 is 5.69 Å². The third-order valence-electron chi connectivity index (χ3n) is 2.86. The summed E-state index contributed by atoms with van der Waals surface area (Å²) < 4.78 is 1.21. The number of H-pyrrole nitrogens is 1. The van der Waals surface area contributed by atoms with Crippen molar-refractivity contribution < 1.29 is 4.79 Å². The number of amides is 1. The van der Waals surface area contributed by atoms with Crippen molar-refractivity contribution in [2.24, 2.45) is 0 Å². The highest BCUT2D eigenvalue weighted by Crippen LogP contribution is 1.96. The predicted octanol–water partition coefficient (Wildman–Crippen LogP) is 0.542. The van der Waals surface area contributed by atoms with E-state index < -0.39 is 11.2 Å². The first kappa shape index (κ1) is 15.2. The van der Waals surface area contributed by atoms with E-state index in [9.17, 15) is 14.4 Å². The maximum absolute atomic E-state index is 11.6. The van der Waals surface area contributed by atoms with Crippen LogP contribution in [0.25, 0.3) is 0 Å². The molecule has 1 rings (SSSR count). The lowest BCUT2D eigenvalue weighted by Gasteiger charge is -2.07. The van der Waals surface area contributed by atoms with Crippen LogP contribution in [0, 0.1) is 6.92 Å². The monoisotopic (exact) mass is 267 g/mol. The van der Waals surface area contributed by atoms with Crippen LogP contribution in [0.4, 0.5) is 0 Å². The summed E-state index contributed by atoms with van der Waals surface area (Å²) in [6.07, 6.45) is 5.75. The Morgan fingerprint density at radius 1 is 1.32 bits per heavy atom. The van der Waals surface area contributed by atoms with E-state index in [4.69, 9.17) is 0 Å². The third kappa shape index (κ3) is 5.11. The number of nitrogens with one attached hydrogen (secondary N) is 2.